The van der Waals surface area contributed by atoms with E-state index in [1.165, 1.54) is 0 Å². The first-order valence-electron chi connectivity index (χ1n) is 11.8. The van der Waals surface area contributed by atoms with Crippen molar-refractivity contribution in [2.45, 2.75) is 51.4 Å². The minimum absolute atomic E-state index is 0.190. The highest BCUT2D eigenvalue weighted by Gasteiger charge is 2.26. The molecule has 1 aliphatic rings. The minimum atomic E-state index is -0.190. The summed E-state index contributed by atoms with van der Waals surface area (Å²) in [6.07, 6.45) is 5.70. The molecule has 0 saturated carbocycles. The third-order valence-electron chi connectivity index (χ3n) is 6.21. The van der Waals surface area contributed by atoms with Crippen molar-refractivity contribution >= 4 is 28.8 Å². The Kier molecular flexibility index (Phi) is 7.89. The van der Waals surface area contributed by atoms with Gasteiger partial charge in [-0.15, -0.1) is 11.3 Å². The number of hydrogen-bond acceptors (Lipinski definition) is 4. The fraction of sp³-hybridized carbons (Fsp3) is 0.370. The number of nitrogens with one attached hydrogen (secondary N) is 1. The standard InChI is InChI=1S/C27H31N3O2S/c1-2-3-5-14-25(31)30-17-15-21(16-18-30)27-29-24(19-33-27)26(32)28-23-13-9-8-12-22(23)20-10-6-4-7-11-20/h4,6-13,19,21H,2-3,5,14-18H2,1H3,(H,28,32). The second-order valence-electron chi connectivity index (χ2n) is 8.55. The Morgan fingerprint density at radius 2 is 1.76 bits per heavy atom. The number of likely N-dealkylation sites (tertiary alicyclic amines) is 1. The van der Waals surface area contributed by atoms with Crippen molar-refractivity contribution in [2.75, 3.05) is 18.4 Å². The van der Waals surface area contributed by atoms with Crippen molar-refractivity contribution in [1.29, 1.82) is 0 Å². The number of benzene rings is 2. The summed E-state index contributed by atoms with van der Waals surface area (Å²) in [5.41, 5.74) is 3.27. The summed E-state index contributed by atoms with van der Waals surface area (Å²) in [4.78, 5) is 32.0. The normalized spacial score (nSPS) is 14.3. The number of rotatable bonds is 8. The Morgan fingerprint density at radius 3 is 2.52 bits per heavy atom. The van der Waals surface area contributed by atoms with Crippen LogP contribution >= 0.6 is 11.3 Å². The number of carbonyl (C=O) groups excluding carboxylic acids is 2. The Morgan fingerprint density at radius 1 is 1.03 bits per heavy atom. The smallest absolute Gasteiger partial charge is 0.275 e. The Balaban J connectivity index is 1.36. The van der Waals surface area contributed by atoms with Crippen molar-refractivity contribution in [3.05, 3.63) is 70.7 Å². The van der Waals surface area contributed by atoms with Crippen molar-refractivity contribution in [2.24, 2.45) is 0 Å². The van der Waals surface area contributed by atoms with Crippen LogP contribution in [0.15, 0.2) is 60.0 Å². The maximum atomic E-state index is 12.9. The van der Waals surface area contributed by atoms with Gasteiger partial charge in [0.2, 0.25) is 5.91 Å². The van der Waals surface area contributed by atoms with E-state index >= 15 is 0 Å². The van der Waals surface area contributed by atoms with Crippen LogP contribution in [0.25, 0.3) is 11.1 Å². The number of amides is 2. The van der Waals surface area contributed by atoms with E-state index in [-0.39, 0.29) is 11.8 Å². The highest BCUT2D eigenvalue weighted by Crippen LogP contribution is 2.32. The molecular weight excluding hydrogens is 430 g/mol. The second kappa shape index (κ2) is 11.2. The number of nitrogens with zero attached hydrogens (tertiary/aromatic N) is 2. The van der Waals surface area contributed by atoms with Crippen LogP contribution in [0.1, 0.15) is 66.9 Å². The molecule has 4 rings (SSSR count). The molecule has 0 spiro atoms. The monoisotopic (exact) mass is 461 g/mol. The van der Waals surface area contributed by atoms with Crippen LogP contribution < -0.4 is 5.32 Å². The zero-order valence-corrected chi connectivity index (χ0v) is 19.9. The lowest BCUT2D eigenvalue weighted by Crippen LogP contribution is -2.37. The SMILES string of the molecule is CCCCCC(=O)N1CCC(c2nc(C(=O)Nc3ccccc3-c3ccccc3)cs2)CC1. The van der Waals surface area contributed by atoms with Gasteiger partial charge in [0.1, 0.15) is 5.69 Å². The number of carbonyl (C=O) groups is 2. The zero-order chi connectivity index (χ0) is 23.0. The summed E-state index contributed by atoms with van der Waals surface area (Å²) in [5, 5.41) is 5.88. The van der Waals surface area contributed by atoms with E-state index < -0.39 is 0 Å². The fourth-order valence-corrected chi connectivity index (χ4v) is 5.26. The molecule has 2 aromatic carbocycles. The molecule has 0 radical (unpaired) electrons. The molecule has 0 atom stereocenters. The Labute approximate surface area is 199 Å². The van der Waals surface area contributed by atoms with Crippen LogP contribution in [-0.2, 0) is 4.79 Å². The first kappa shape index (κ1) is 23.2. The maximum Gasteiger partial charge on any atom is 0.275 e. The van der Waals surface area contributed by atoms with Gasteiger partial charge in [0.05, 0.1) is 5.01 Å². The quantitative estimate of drug-likeness (QED) is 0.398. The predicted molar refractivity (Wildman–Crippen MR) is 135 cm³/mol. The molecule has 0 aliphatic carbocycles. The van der Waals surface area contributed by atoms with E-state index in [1.54, 1.807) is 11.3 Å². The molecule has 33 heavy (non-hydrogen) atoms. The zero-order valence-electron chi connectivity index (χ0n) is 19.1. The van der Waals surface area contributed by atoms with Gasteiger partial charge in [0.15, 0.2) is 0 Å². The van der Waals surface area contributed by atoms with Gasteiger partial charge in [-0.1, -0.05) is 68.3 Å². The number of anilines is 1. The van der Waals surface area contributed by atoms with E-state index in [4.69, 9.17) is 0 Å². The Bertz CT molecular complexity index is 1070. The molecule has 172 valence electrons. The number of unbranched alkanes of at least 4 members (excludes halogenated alkanes) is 2. The van der Waals surface area contributed by atoms with Gasteiger partial charge in [-0.05, 0) is 30.9 Å². The lowest BCUT2D eigenvalue weighted by Gasteiger charge is -2.31. The molecule has 0 unspecified atom stereocenters. The van der Waals surface area contributed by atoms with Crippen molar-refractivity contribution in [3.8, 4) is 11.1 Å². The topological polar surface area (TPSA) is 62.3 Å². The molecule has 2 heterocycles. The van der Waals surface area contributed by atoms with Crippen molar-refractivity contribution in [3.63, 3.8) is 0 Å². The molecule has 1 aromatic heterocycles. The third kappa shape index (κ3) is 5.88. The average Bonchev–Trinajstić information content (AvgIpc) is 3.36. The first-order valence-corrected chi connectivity index (χ1v) is 12.7. The van der Waals surface area contributed by atoms with Crippen molar-refractivity contribution in [1.82, 2.24) is 9.88 Å². The van der Waals surface area contributed by atoms with Gasteiger partial charge in [-0.25, -0.2) is 4.98 Å². The lowest BCUT2D eigenvalue weighted by atomic mass is 9.97. The van der Waals surface area contributed by atoms with Crippen LogP contribution in [0.4, 0.5) is 5.69 Å². The summed E-state index contributed by atoms with van der Waals surface area (Å²) in [7, 11) is 0. The molecule has 1 fully saturated rings. The van der Waals surface area contributed by atoms with Gasteiger partial charge in [-0.3, -0.25) is 9.59 Å². The minimum Gasteiger partial charge on any atom is -0.343 e. The molecule has 1 aliphatic heterocycles. The van der Waals surface area contributed by atoms with Crippen LogP contribution in [0.2, 0.25) is 0 Å². The van der Waals surface area contributed by atoms with Crippen LogP contribution in [0, 0.1) is 0 Å². The Hall–Kier alpha value is -2.99. The summed E-state index contributed by atoms with van der Waals surface area (Å²) in [6, 6.07) is 17.9. The molecule has 2 amide bonds. The fourth-order valence-electron chi connectivity index (χ4n) is 4.29. The van der Waals surface area contributed by atoms with E-state index in [0.29, 0.717) is 18.0 Å². The molecule has 1 saturated heterocycles. The summed E-state index contributed by atoms with van der Waals surface area (Å²) in [6.45, 7) is 3.71. The van der Waals surface area contributed by atoms with Crippen LogP contribution in [0.3, 0.4) is 0 Å². The molecular formula is C27H31N3O2S. The summed E-state index contributed by atoms with van der Waals surface area (Å²) in [5.74, 6) is 0.399. The molecule has 1 N–H and O–H groups in total. The van der Waals surface area contributed by atoms with E-state index in [0.717, 1.165) is 67.0 Å². The summed E-state index contributed by atoms with van der Waals surface area (Å²) < 4.78 is 0. The van der Waals surface area contributed by atoms with E-state index in [9.17, 15) is 9.59 Å². The number of piperidine rings is 1. The second-order valence-corrected chi connectivity index (χ2v) is 9.44. The van der Waals surface area contributed by atoms with Crippen LogP contribution in [-0.4, -0.2) is 34.8 Å². The third-order valence-corrected chi connectivity index (χ3v) is 7.21. The predicted octanol–water partition coefficient (Wildman–Crippen LogP) is 6.35. The molecule has 6 heteroatoms. The lowest BCUT2D eigenvalue weighted by molar-refractivity contribution is -0.132. The summed E-state index contributed by atoms with van der Waals surface area (Å²) >= 11 is 1.55. The van der Waals surface area contributed by atoms with Gasteiger partial charge < -0.3 is 10.2 Å². The number of thiazole rings is 1. The molecule has 3 aromatic rings. The van der Waals surface area contributed by atoms with E-state index in [1.807, 2.05) is 64.9 Å². The first-order chi connectivity index (χ1) is 16.2. The van der Waals surface area contributed by atoms with Gasteiger partial charge >= 0.3 is 0 Å². The molecule has 5 nitrogen and oxygen atoms in total. The number of hydrogen-bond donors (Lipinski definition) is 1. The van der Waals surface area contributed by atoms with Crippen molar-refractivity contribution < 1.29 is 9.59 Å². The number of aromatic nitrogens is 1. The van der Waals surface area contributed by atoms with Gasteiger partial charge in [-0.2, -0.15) is 0 Å². The highest BCUT2D eigenvalue weighted by atomic mass is 32.1. The van der Waals surface area contributed by atoms with Gasteiger partial charge in [0.25, 0.3) is 5.91 Å². The average molecular weight is 462 g/mol. The molecule has 0 bridgehead atoms. The maximum absolute atomic E-state index is 12.9. The van der Waals surface area contributed by atoms with Crippen LogP contribution in [0.5, 0.6) is 0 Å². The highest BCUT2D eigenvalue weighted by molar-refractivity contribution is 7.10. The van der Waals surface area contributed by atoms with E-state index in [2.05, 4.69) is 17.2 Å². The number of para-hydroxylation sites is 1. The van der Waals surface area contributed by atoms with Gasteiger partial charge in [0, 0.05) is 42.1 Å². The largest absolute Gasteiger partial charge is 0.343 e.